The molecule has 3 aromatic rings. The highest BCUT2D eigenvalue weighted by atomic mass is 19.1. The first-order chi connectivity index (χ1) is 10.8. The number of hydrogen-bond donors (Lipinski definition) is 0. The maximum atomic E-state index is 13.4. The number of para-hydroxylation sites is 1. The molecular formula is C17H16FN3O. The Morgan fingerprint density at radius 3 is 2.59 bits per heavy atom. The van der Waals surface area contributed by atoms with Crippen molar-refractivity contribution in [3.8, 4) is 5.75 Å². The Morgan fingerprint density at radius 1 is 1.00 bits per heavy atom. The minimum atomic E-state index is -0.356. The molecule has 0 amide bonds. The van der Waals surface area contributed by atoms with Crippen LogP contribution in [0, 0.1) is 5.82 Å². The quantitative estimate of drug-likeness (QED) is 0.702. The molecule has 0 spiro atoms. The predicted molar refractivity (Wildman–Crippen MR) is 81.2 cm³/mol. The fourth-order valence-electron chi connectivity index (χ4n) is 2.11. The predicted octanol–water partition coefficient (Wildman–Crippen LogP) is 3.09. The average molecular weight is 297 g/mol. The molecular weight excluding hydrogens is 281 g/mol. The first kappa shape index (κ1) is 14.3. The zero-order valence-electron chi connectivity index (χ0n) is 12.0. The second-order valence-electron chi connectivity index (χ2n) is 4.87. The lowest BCUT2D eigenvalue weighted by molar-refractivity contribution is 0.278. The zero-order chi connectivity index (χ0) is 15.2. The average Bonchev–Trinajstić information content (AvgIpc) is 2.98. The highest BCUT2D eigenvalue weighted by Gasteiger charge is 2.04. The van der Waals surface area contributed by atoms with Crippen LogP contribution in [0.1, 0.15) is 11.4 Å². The summed E-state index contributed by atoms with van der Waals surface area (Å²) in [7, 11) is 0. The van der Waals surface area contributed by atoms with Gasteiger partial charge in [0.2, 0.25) is 0 Å². The summed E-state index contributed by atoms with van der Waals surface area (Å²) in [5.74, 6) is 0.662. The van der Waals surface area contributed by atoms with Gasteiger partial charge in [-0.1, -0.05) is 42.5 Å². The molecule has 0 bridgehead atoms. The summed E-state index contributed by atoms with van der Waals surface area (Å²) in [5.41, 5.74) is 1.17. The number of rotatable bonds is 6. The van der Waals surface area contributed by atoms with Crippen molar-refractivity contribution < 1.29 is 9.13 Å². The Hall–Kier alpha value is -2.69. The van der Waals surface area contributed by atoms with Crippen LogP contribution in [0.5, 0.6) is 5.75 Å². The molecule has 1 aromatic heterocycles. The molecule has 5 heteroatoms. The maximum absolute atomic E-state index is 13.4. The summed E-state index contributed by atoms with van der Waals surface area (Å²) in [6, 6.07) is 16.4. The number of ether oxygens (including phenoxy) is 1. The van der Waals surface area contributed by atoms with Crippen LogP contribution < -0.4 is 4.74 Å². The highest BCUT2D eigenvalue weighted by molar-refractivity contribution is 5.23. The van der Waals surface area contributed by atoms with E-state index in [1.165, 1.54) is 11.6 Å². The lowest BCUT2D eigenvalue weighted by atomic mass is 10.1. The summed E-state index contributed by atoms with van der Waals surface area (Å²) < 4.78 is 20.5. The van der Waals surface area contributed by atoms with Crippen LogP contribution in [0.15, 0.2) is 60.9 Å². The van der Waals surface area contributed by atoms with E-state index < -0.39 is 0 Å². The van der Waals surface area contributed by atoms with E-state index in [0.717, 1.165) is 5.82 Å². The molecule has 2 aromatic carbocycles. The van der Waals surface area contributed by atoms with Crippen molar-refractivity contribution in [2.24, 2.45) is 0 Å². The Bertz CT molecular complexity index is 728. The molecule has 0 saturated carbocycles. The number of benzene rings is 2. The van der Waals surface area contributed by atoms with Gasteiger partial charge < -0.3 is 4.74 Å². The van der Waals surface area contributed by atoms with Crippen molar-refractivity contribution in [2.75, 3.05) is 6.61 Å². The van der Waals surface area contributed by atoms with Gasteiger partial charge in [-0.3, -0.25) is 0 Å². The summed E-state index contributed by atoms with van der Waals surface area (Å²) >= 11 is 0. The lowest BCUT2D eigenvalue weighted by Gasteiger charge is -2.06. The molecule has 22 heavy (non-hydrogen) atoms. The molecule has 0 saturated heterocycles. The summed E-state index contributed by atoms with van der Waals surface area (Å²) in [6.45, 7) is 0.866. The van der Waals surface area contributed by atoms with Crippen LogP contribution in [-0.2, 0) is 13.0 Å². The van der Waals surface area contributed by atoms with E-state index in [1.807, 2.05) is 30.3 Å². The largest absolute Gasteiger partial charge is 0.489 e. The van der Waals surface area contributed by atoms with Gasteiger partial charge in [0.1, 0.15) is 12.9 Å². The van der Waals surface area contributed by atoms with Gasteiger partial charge in [-0.05, 0) is 17.7 Å². The molecule has 1 heterocycles. The van der Waals surface area contributed by atoms with Gasteiger partial charge in [0.05, 0.1) is 6.54 Å². The first-order valence-electron chi connectivity index (χ1n) is 7.11. The van der Waals surface area contributed by atoms with E-state index in [0.29, 0.717) is 19.6 Å². The summed E-state index contributed by atoms with van der Waals surface area (Å²) in [4.78, 5) is 4.28. The van der Waals surface area contributed by atoms with Gasteiger partial charge in [0.15, 0.2) is 17.4 Å². The molecule has 0 fully saturated rings. The molecule has 112 valence electrons. The monoisotopic (exact) mass is 297 g/mol. The van der Waals surface area contributed by atoms with Gasteiger partial charge in [0, 0.05) is 6.42 Å². The Kier molecular flexibility index (Phi) is 4.44. The number of halogens is 1. The van der Waals surface area contributed by atoms with Crippen molar-refractivity contribution >= 4 is 0 Å². The smallest absolute Gasteiger partial charge is 0.165 e. The topological polar surface area (TPSA) is 39.9 Å². The summed E-state index contributed by atoms with van der Waals surface area (Å²) in [6.07, 6.45) is 2.37. The van der Waals surface area contributed by atoms with Crippen LogP contribution in [0.3, 0.4) is 0 Å². The van der Waals surface area contributed by atoms with Gasteiger partial charge in [0.25, 0.3) is 0 Å². The standard InChI is InChI=1S/C17H16FN3O/c18-15-8-4-5-9-16(15)22-11-10-21-13-19-17(20-21)12-14-6-2-1-3-7-14/h1-9,13H,10-12H2. The molecule has 0 aliphatic heterocycles. The Labute approximate surface area is 128 Å². The van der Waals surface area contributed by atoms with Crippen LogP contribution in [-0.4, -0.2) is 21.4 Å². The number of nitrogens with zero attached hydrogens (tertiary/aromatic N) is 3. The van der Waals surface area contributed by atoms with Crippen molar-refractivity contribution in [2.45, 2.75) is 13.0 Å². The van der Waals surface area contributed by atoms with Gasteiger partial charge >= 0.3 is 0 Å². The molecule has 0 aliphatic rings. The zero-order valence-corrected chi connectivity index (χ0v) is 12.0. The second-order valence-corrected chi connectivity index (χ2v) is 4.87. The molecule has 4 nitrogen and oxygen atoms in total. The number of aromatic nitrogens is 3. The van der Waals surface area contributed by atoms with E-state index in [1.54, 1.807) is 29.2 Å². The minimum Gasteiger partial charge on any atom is -0.489 e. The molecule has 0 radical (unpaired) electrons. The van der Waals surface area contributed by atoms with Crippen molar-refractivity contribution in [3.63, 3.8) is 0 Å². The molecule has 0 aliphatic carbocycles. The van der Waals surface area contributed by atoms with Crippen molar-refractivity contribution in [1.29, 1.82) is 0 Å². The van der Waals surface area contributed by atoms with Gasteiger partial charge in [-0.15, -0.1) is 0 Å². The fourth-order valence-corrected chi connectivity index (χ4v) is 2.11. The SMILES string of the molecule is Fc1ccccc1OCCn1cnc(Cc2ccccc2)n1. The number of hydrogen-bond acceptors (Lipinski definition) is 3. The van der Waals surface area contributed by atoms with E-state index in [9.17, 15) is 4.39 Å². The van der Waals surface area contributed by atoms with E-state index >= 15 is 0 Å². The molecule has 0 atom stereocenters. The Morgan fingerprint density at radius 2 is 1.77 bits per heavy atom. The first-order valence-corrected chi connectivity index (χ1v) is 7.11. The molecule has 0 N–H and O–H groups in total. The van der Waals surface area contributed by atoms with Crippen LogP contribution in [0.4, 0.5) is 4.39 Å². The maximum Gasteiger partial charge on any atom is 0.165 e. The summed E-state index contributed by atoms with van der Waals surface area (Å²) in [5, 5.41) is 4.39. The third kappa shape index (κ3) is 3.69. The third-order valence-corrected chi connectivity index (χ3v) is 3.20. The van der Waals surface area contributed by atoms with E-state index in [2.05, 4.69) is 10.1 Å². The molecule has 0 unspecified atom stereocenters. The third-order valence-electron chi connectivity index (χ3n) is 3.20. The highest BCUT2D eigenvalue weighted by Crippen LogP contribution is 2.15. The van der Waals surface area contributed by atoms with E-state index in [-0.39, 0.29) is 11.6 Å². The van der Waals surface area contributed by atoms with Crippen LogP contribution in [0.25, 0.3) is 0 Å². The van der Waals surface area contributed by atoms with Crippen molar-refractivity contribution in [1.82, 2.24) is 14.8 Å². The minimum absolute atomic E-state index is 0.257. The van der Waals surface area contributed by atoms with Crippen LogP contribution in [0.2, 0.25) is 0 Å². The normalized spacial score (nSPS) is 10.6. The second kappa shape index (κ2) is 6.85. The molecule has 3 rings (SSSR count). The Balaban J connectivity index is 1.53. The van der Waals surface area contributed by atoms with Crippen LogP contribution >= 0.6 is 0 Å². The fraction of sp³-hybridized carbons (Fsp3) is 0.176. The van der Waals surface area contributed by atoms with Gasteiger partial charge in [-0.25, -0.2) is 14.1 Å². The van der Waals surface area contributed by atoms with Gasteiger partial charge in [-0.2, -0.15) is 5.10 Å². The lowest BCUT2D eigenvalue weighted by Crippen LogP contribution is -2.09. The van der Waals surface area contributed by atoms with Crippen molar-refractivity contribution in [3.05, 3.63) is 78.1 Å². The van der Waals surface area contributed by atoms with E-state index in [4.69, 9.17) is 4.74 Å².